The Morgan fingerprint density at radius 2 is 1.68 bits per heavy atom. The van der Waals surface area contributed by atoms with Crippen LogP contribution in [0.25, 0.3) is 0 Å². The van der Waals surface area contributed by atoms with Crippen molar-refractivity contribution in [2.75, 3.05) is 23.0 Å². The van der Waals surface area contributed by atoms with E-state index in [4.69, 9.17) is 0 Å². The summed E-state index contributed by atoms with van der Waals surface area (Å²) >= 11 is 3.54. The predicted octanol–water partition coefficient (Wildman–Crippen LogP) is 4.75. The van der Waals surface area contributed by atoms with Crippen molar-refractivity contribution in [3.63, 3.8) is 0 Å². The van der Waals surface area contributed by atoms with Crippen molar-refractivity contribution in [3.8, 4) is 0 Å². The molecule has 1 heterocycles. The summed E-state index contributed by atoms with van der Waals surface area (Å²) in [5.41, 5.74) is 1.90. The first kappa shape index (κ1) is 15.3. The van der Waals surface area contributed by atoms with Gasteiger partial charge in [0.2, 0.25) is 0 Å². The molecule has 0 bridgehead atoms. The van der Waals surface area contributed by atoms with Gasteiger partial charge in [0.25, 0.3) is 0 Å². The van der Waals surface area contributed by atoms with Crippen molar-refractivity contribution >= 4 is 40.9 Å². The highest BCUT2D eigenvalue weighted by Crippen LogP contribution is 2.47. The number of carbonyl (C=O) groups is 1. The molecule has 0 unspecified atom stereocenters. The summed E-state index contributed by atoms with van der Waals surface area (Å²) in [4.78, 5) is 16.7. The lowest BCUT2D eigenvalue weighted by Crippen LogP contribution is -2.39. The van der Waals surface area contributed by atoms with Crippen LogP contribution in [0, 0.1) is 0 Å². The van der Waals surface area contributed by atoms with Crippen LogP contribution in [-0.4, -0.2) is 24.1 Å². The van der Waals surface area contributed by atoms with E-state index in [9.17, 15) is 4.79 Å². The molecule has 2 aromatic carbocycles. The molecule has 0 aromatic heterocycles. The monoisotopic (exact) mass is 330 g/mol. The van der Waals surface area contributed by atoms with Crippen LogP contribution < -0.4 is 10.2 Å². The van der Waals surface area contributed by atoms with Gasteiger partial charge in [0.05, 0.1) is 11.4 Å². The Morgan fingerprint density at radius 1 is 1.09 bits per heavy atom. The highest BCUT2D eigenvalue weighted by molar-refractivity contribution is 7.99. The number of carbonyl (C=O) groups excluding carboxylic acids is 1. The van der Waals surface area contributed by atoms with E-state index in [0.29, 0.717) is 6.54 Å². The molecule has 5 heteroatoms. The Balaban J connectivity index is 1.88. The topological polar surface area (TPSA) is 32.3 Å². The van der Waals surface area contributed by atoms with E-state index in [1.54, 1.807) is 16.7 Å². The van der Waals surface area contributed by atoms with E-state index < -0.39 is 0 Å². The fraction of sp³-hybridized carbons (Fsp3) is 0.235. The molecule has 1 aliphatic rings. The van der Waals surface area contributed by atoms with Crippen LogP contribution in [0.1, 0.15) is 6.92 Å². The molecule has 0 atom stereocenters. The van der Waals surface area contributed by atoms with Crippen LogP contribution in [0.2, 0.25) is 0 Å². The smallest absolute Gasteiger partial charge is 0.326 e. The second kappa shape index (κ2) is 7.11. The molecule has 2 aromatic rings. The number of para-hydroxylation sites is 2. The molecule has 0 radical (unpaired) electrons. The first-order chi connectivity index (χ1) is 10.8. The maximum Gasteiger partial charge on any atom is 0.326 e. The Hall–Kier alpha value is -1.59. The number of benzene rings is 2. The molecule has 0 saturated heterocycles. The van der Waals surface area contributed by atoms with Crippen molar-refractivity contribution in [2.45, 2.75) is 16.7 Å². The molecule has 3 rings (SSSR count). The minimum Gasteiger partial charge on any atom is -0.337 e. The van der Waals surface area contributed by atoms with Crippen LogP contribution in [0.15, 0.2) is 58.3 Å². The Bertz CT molecular complexity index is 630. The first-order valence-corrected chi connectivity index (χ1v) is 9.30. The summed E-state index contributed by atoms with van der Waals surface area (Å²) in [6.07, 6.45) is 0. The number of nitrogens with one attached hydrogen (secondary N) is 1. The van der Waals surface area contributed by atoms with Gasteiger partial charge in [-0.2, -0.15) is 11.8 Å². The molecule has 3 nitrogen and oxygen atoms in total. The molecule has 1 N–H and O–H groups in total. The fourth-order valence-electron chi connectivity index (χ4n) is 2.38. The zero-order valence-corrected chi connectivity index (χ0v) is 14.0. The van der Waals surface area contributed by atoms with Gasteiger partial charge in [0, 0.05) is 22.1 Å². The van der Waals surface area contributed by atoms with E-state index >= 15 is 0 Å². The van der Waals surface area contributed by atoms with Crippen molar-refractivity contribution in [2.24, 2.45) is 0 Å². The molecule has 22 heavy (non-hydrogen) atoms. The van der Waals surface area contributed by atoms with Gasteiger partial charge in [-0.3, -0.25) is 4.90 Å². The van der Waals surface area contributed by atoms with Gasteiger partial charge in [-0.15, -0.1) is 0 Å². The fourth-order valence-corrected chi connectivity index (χ4v) is 3.97. The SMILES string of the molecule is CCSCCNC(=O)N1c2ccccc2Sc2ccccc21. The maximum atomic E-state index is 12.7. The van der Waals surface area contributed by atoms with Gasteiger partial charge >= 0.3 is 6.03 Å². The molecule has 2 amide bonds. The zero-order chi connectivity index (χ0) is 15.4. The third-order valence-electron chi connectivity index (χ3n) is 3.36. The number of fused-ring (bicyclic) bond motifs is 2. The van der Waals surface area contributed by atoms with E-state index in [0.717, 1.165) is 32.7 Å². The highest BCUT2D eigenvalue weighted by Gasteiger charge is 2.27. The van der Waals surface area contributed by atoms with E-state index in [1.165, 1.54) is 0 Å². The zero-order valence-electron chi connectivity index (χ0n) is 12.4. The normalized spacial score (nSPS) is 12.5. The summed E-state index contributed by atoms with van der Waals surface area (Å²) in [7, 11) is 0. The van der Waals surface area contributed by atoms with Gasteiger partial charge in [0.1, 0.15) is 0 Å². The quantitative estimate of drug-likeness (QED) is 0.821. The highest BCUT2D eigenvalue weighted by atomic mass is 32.2. The number of amides is 2. The van der Waals surface area contributed by atoms with Crippen LogP contribution >= 0.6 is 23.5 Å². The van der Waals surface area contributed by atoms with Gasteiger partial charge in [0.15, 0.2) is 0 Å². The minimum atomic E-state index is -0.0584. The molecule has 114 valence electrons. The lowest BCUT2D eigenvalue weighted by molar-refractivity contribution is 0.249. The van der Waals surface area contributed by atoms with Gasteiger partial charge in [-0.1, -0.05) is 43.0 Å². The van der Waals surface area contributed by atoms with Crippen molar-refractivity contribution in [1.82, 2.24) is 5.32 Å². The second-order valence-electron chi connectivity index (χ2n) is 4.80. The molecule has 0 saturated carbocycles. The van der Waals surface area contributed by atoms with Crippen molar-refractivity contribution in [1.29, 1.82) is 0 Å². The number of rotatable bonds is 4. The molecular weight excluding hydrogens is 312 g/mol. The molecular formula is C17H18N2OS2. The largest absolute Gasteiger partial charge is 0.337 e. The Labute approximate surface area is 139 Å². The Kier molecular flexibility index (Phi) is 4.95. The number of thioether (sulfide) groups is 1. The average Bonchev–Trinajstić information content (AvgIpc) is 2.56. The van der Waals surface area contributed by atoms with Gasteiger partial charge in [-0.05, 0) is 30.0 Å². The van der Waals surface area contributed by atoms with Crippen LogP contribution in [0.3, 0.4) is 0 Å². The lowest BCUT2D eigenvalue weighted by atomic mass is 10.2. The minimum absolute atomic E-state index is 0.0584. The first-order valence-electron chi connectivity index (χ1n) is 7.33. The van der Waals surface area contributed by atoms with Gasteiger partial charge in [-0.25, -0.2) is 4.79 Å². The summed E-state index contributed by atoms with van der Waals surface area (Å²) in [6.45, 7) is 2.81. The van der Waals surface area contributed by atoms with Crippen molar-refractivity contribution < 1.29 is 4.79 Å². The Morgan fingerprint density at radius 3 is 2.27 bits per heavy atom. The van der Waals surface area contributed by atoms with Crippen molar-refractivity contribution in [3.05, 3.63) is 48.5 Å². The number of nitrogens with zero attached hydrogens (tertiary/aromatic N) is 1. The summed E-state index contributed by atoms with van der Waals surface area (Å²) in [5, 5.41) is 3.03. The van der Waals surface area contributed by atoms with Crippen LogP contribution in [0.5, 0.6) is 0 Å². The summed E-state index contributed by atoms with van der Waals surface area (Å²) in [5.74, 6) is 2.01. The average molecular weight is 330 g/mol. The number of anilines is 2. The third kappa shape index (κ3) is 3.10. The number of hydrogen-bond acceptors (Lipinski definition) is 3. The van der Waals surface area contributed by atoms with Crippen LogP contribution in [0.4, 0.5) is 16.2 Å². The number of hydrogen-bond donors (Lipinski definition) is 1. The van der Waals surface area contributed by atoms with E-state index in [2.05, 4.69) is 24.4 Å². The molecule has 0 aliphatic carbocycles. The number of urea groups is 1. The predicted molar refractivity (Wildman–Crippen MR) is 95.5 cm³/mol. The summed E-state index contributed by atoms with van der Waals surface area (Å²) in [6, 6.07) is 16.0. The van der Waals surface area contributed by atoms with E-state index in [1.807, 2.05) is 48.2 Å². The molecule has 1 aliphatic heterocycles. The van der Waals surface area contributed by atoms with Crippen LogP contribution in [-0.2, 0) is 0 Å². The standard InChI is InChI=1S/C17H18N2OS2/c1-2-21-12-11-18-17(20)19-13-7-3-5-9-15(13)22-16-10-6-4-8-14(16)19/h3-10H,2,11-12H2,1H3,(H,18,20). The molecule has 0 fully saturated rings. The third-order valence-corrected chi connectivity index (χ3v) is 5.39. The summed E-state index contributed by atoms with van der Waals surface area (Å²) < 4.78 is 0. The molecule has 0 spiro atoms. The second-order valence-corrected chi connectivity index (χ2v) is 7.28. The maximum absolute atomic E-state index is 12.7. The van der Waals surface area contributed by atoms with E-state index in [-0.39, 0.29) is 6.03 Å². The lowest BCUT2D eigenvalue weighted by Gasteiger charge is -2.31. The van der Waals surface area contributed by atoms with Gasteiger partial charge < -0.3 is 5.32 Å².